The van der Waals surface area contributed by atoms with Crippen LogP contribution in [0.15, 0.2) is 53.4 Å². The monoisotopic (exact) mass is 282 g/mol. The van der Waals surface area contributed by atoms with Crippen LogP contribution in [0.5, 0.6) is 0 Å². The van der Waals surface area contributed by atoms with Crippen molar-refractivity contribution in [3.63, 3.8) is 0 Å². The van der Waals surface area contributed by atoms with Gasteiger partial charge in [0.05, 0.1) is 11.8 Å². The molecule has 0 aliphatic rings. The highest BCUT2D eigenvalue weighted by atomic mass is 32.2. The first kappa shape index (κ1) is 14.2. The molecule has 0 atom stereocenters. The number of carbonyl (C=O) groups is 1. The summed E-state index contributed by atoms with van der Waals surface area (Å²) >= 11 is 1.45. The standard InChI is InChI=1S/C16H14N2OS/c1-12-4-2-5-13(10-12)16(19)18-14-6-3-7-15(11-14)20-9-8-17/h2-7,10-11H,9H2,1H3,(H,18,19). The minimum absolute atomic E-state index is 0.129. The van der Waals surface area contributed by atoms with Crippen molar-refractivity contribution in [3.8, 4) is 6.07 Å². The molecule has 1 amide bonds. The predicted octanol–water partition coefficient (Wildman–Crippen LogP) is 3.86. The zero-order chi connectivity index (χ0) is 14.4. The van der Waals surface area contributed by atoms with E-state index >= 15 is 0 Å². The van der Waals surface area contributed by atoms with Crippen LogP contribution in [0.25, 0.3) is 0 Å². The predicted molar refractivity (Wildman–Crippen MR) is 81.9 cm³/mol. The molecule has 20 heavy (non-hydrogen) atoms. The minimum Gasteiger partial charge on any atom is -0.322 e. The Bertz CT molecular complexity index is 662. The Hall–Kier alpha value is -2.25. The van der Waals surface area contributed by atoms with Gasteiger partial charge in [-0.25, -0.2) is 0 Å². The van der Waals surface area contributed by atoms with Crippen LogP contribution in [0.3, 0.4) is 0 Å². The summed E-state index contributed by atoms with van der Waals surface area (Å²) in [6.45, 7) is 1.95. The summed E-state index contributed by atoms with van der Waals surface area (Å²) in [5.41, 5.74) is 2.43. The fraction of sp³-hybridized carbons (Fsp3) is 0.125. The number of benzene rings is 2. The number of anilines is 1. The highest BCUT2D eigenvalue weighted by Crippen LogP contribution is 2.21. The number of hydrogen-bond donors (Lipinski definition) is 1. The van der Waals surface area contributed by atoms with Crippen molar-refractivity contribution in [1.82, 2.24) is 0 Å². The molecule has 0 aromatic heterocycles. The molecule has 0 spiro atoms. The fourth-order valence-corrected chi connectivity index (χ4v) is 2.39. The number of hydrogen-bond acceptors (Lipinski definition) is 3. The van der Waals surface area contributed by atoms with E-state index in [2.05, 4.69) is 11.4 Å². The van der Waals surface area contributed by atoms with Crippen LogP contribution in [0.2, 0.25) is 0 Å². The second kappa shape index (κ2) is 6.78. The van der Waals surface area contributed by atoms with E-state index in [4.69, 9.17) is 5.26 Å². The Balaban J connectivity index is 2.10. The Morgan fingerprint density at radius 3 is 2.80 bits per heavy atom. The topological polar surface area (TPSA) is 52.9 Å². The van der Waals surface area contributed by atoms with Crippen molar-refractivity contribution in [2.75, 3.05) is 11.1 Å². The van der Waals surface area contributed by atoms with Gasteiger partial charge in [-0.3, -0.25) is 4.79 Å². The molecular formula is C16H14N2OS. The van der Waals surface area contributed by atoms with Crippen LogP contribution in [0, 0.1) is 18.3 Å². The second-order valence-corrected chi connectivity index (χ2v) is 5.35. The zero-order valence-electron chi connectivity index (χ0n) is 11.1. The molecule has 2 aromatic rings. The third-order valence-electron chi connectivity index (χ3n) is 2.68. The van der Waals surface area contributed by atoms with Crippen molar-refractivity contribution >= 4 is 23.4 Å². The van der Waals surface area contributed by atoms with Gasteiger partial charge in [0.2, 0.25) is 0 Å². The van der Waals surface area contributed by atoms with Gasteiger partial charge in [0.25, 0.3) is 5.91 Å². The van der Waals surface area contributed by atoms with E-state index in [-0.39, 0.29) is 5.91 Å². The molecule has 0 unspecified atom stereocenters. The molecule has 0 aliphatic carbocycles. The molecule has 3 nitrogen and oxygen atoms in total. The summed E-state index contributed by atoms with van der Waals surface area (Å²) in [5, 5.41) is 11.4. The molecule has 0 bridgehead atoms. The van der Waals surface area contributed by atoms with E-state index < -0.39 is 0 Å². The lowest BCUT2D eigenvalue weighted by atomic mass is 10.1. The molecule has 0 radical (unpaired) electrons. The summed E-state index contributed by atoms with van der Waals surface area (Å²) in [4.78, 5) is 13.1. The quantitative estimate of drug-likeness (QED) is 0.866. The Labute approximate surface area is 122 Å². The average molecular weight is 282 g/mol. The third-order valence-corrected chi connectivity index (χ3v) is 3.54. The van der Waals surface area contributed by atoms with Gasteiger partial charge >= 0.3 is 0 Å². The van der Waals surface area contributed by atoms with Crippen molar-refractivity contribution in [3.05, 3.63) is 59.7 Å². The van der Waals surface area contributed by atoms with Crippen LogP contribution in [0.4, 0.5) is 5.69 Å². The maximum atomic E-state index is 12.1. The summed E-state index contributed by atoms with van der Waals surface area (Å²) in [7, 11) is 0. The van der Waals surface area contributed by atoms with Gasteiger partial charge in [-0.05, 0) is 37.3 Å². The lowest BCUT2D eigenvalue weighted by Crippen LogP contribution is -2.11. The van der Waals surface area contributed by atoms with Gasteiger partial charge in [0.15, 0.2) is 0 Å². The number of nitrogens with one attached hydrogen (secondary N) is 1. The maximum absolute atomic E-state index is 12.1. The number of aryl methyl sites for hydroxylation is 1. The van der Waals surface area contributed by atoms with Crippen molar-refractivity contribution in [1.29, 1.82) is 5.26 Å². The molecule has 1 N–H and O–H groups in total. The van der Waals surface area contributed by atoms with Crippen LogP contribution < -0.4 is 5.32 Å². The Morgan fingerprint density at radius 1 is 1.25 bits per heavy atom. The van der Waals surface area contributed by atoms with Crippen molar-refractivity contribution in [2.45, 2.75) is 11.8 Å². The van der Waals surface area contributed by atoms with Crippen molar-refractivity contribution in [2.24, 2.45) is 0 Å². The van der Waals surface area contributed by atoms with Gasteiger partial charge in [-0.1, -0.05) is 23.8 Å². The van der Waals surface area contributed by atoms with E-state index in [1.807, 2.05) is 49.4 Å². The van der Waals surface area contributed by atoms with E-state index in [1.165, 1.54) is 11.8 Å². The zero-order valence-corrected chi connectivity index (χ0v) is 11.9. The molecule has 2 aromatic carbocycles. The highest BCUT2D eigenvalue weighted by Gasteiger charge is 2.06. The maximum Gasteiger partial charge on any atom is 0.255 e. The largest absolute Gasteiger partial charge is 0.322 e. The number of thioether (sulfide) groups is 1. The first-order valence-electron chi connectivity index (χ1n) is 6.17. The molecule has 0 aliphatic heterocycles. The van der Waals surface area contributed by atoms with Crippen LogP contribution in [-0.4, -0.2) is 11.7 Å². The summed E-state index contributed by atoms with van der Waals surface area (Å²) < 4.78 is 0. The Morgan fingerprint density at radius 2 is 2.05 bits per heavy atom. The summed E-state index contributed by atoms with van der Waals surface area (Å²) in [6, 6.07) is 17.0. The lowest BCUT2D eigenvalue weighted by molar-refractivity contribution is 0.102. The van der Waals surface area contributed by atoms with E-state index in [0.29, 0.717) is 11.3 Å². The smallest absolute Gasteiger partial charge is 0.255 e. The number of rotatable bonds is 4. The molecule has 100 valence electrons. The lowest BCUT2D eigenvalue weighted by Gasteiger charge is -2.07. The molecule has 0 heterocycles. The number of nitriles is 1. The van der Waals surface area contributed by atoms with Crippen LogP contribution >= 0.6 is 11.8 Å². The Kier molecular flexibility index (Phi) is 4.80. The minimum atomic E-state index is -0.129. The first-order valence-corrected chi connectivity index (χ1v) is 7.15. The van der Waals surface area contributed by atoms with E-state index in [9.17, 15) is 4.79 Å². The highest BCUT2D eigenvalue weighted by molar-refractivity contribution is 7.99. The second-order valence-electron chi connectivity index (χ2n) is 4.30. The number of carbonyl (C=O) groups excluding carboxylic acids is 1. The van der Waals surface area contributed by atoms with Gasteiger partial charge < -0.3 is 5.32 Å². The molecular weight excluding hydrogens is 268 g/mol. The number of nitrogens with zero attached hydrogens (tertiary/aromatic N) is 1. The van der Waals surface area contributed by atoms with Crippen LogP contribution in [0.1, 0.15) is 15.9 Å². The van der Waals surface area contributed by atoms with Gasteiger partial charge in [0, 0.05) is 16.1 Å². The van der Waals surface area contributed by atoms with Gasteiger partial charge in [0.1, 0.15) is 0 Å². The fourth-order valence-electron chi connectivity index (χ4n) is 1.77. The third kappa shape index (κ3) is 3.87. The number of amides is 1. The van der Waals surface area contributed by atoms with Gasteiger partial charge in [-0.2, -0.15) is 5.26 Å². The molecule has 0 saturated heterocycles. The van der Waals surface area contributed by atoms with Gasteiger partial charge in [-0.15, -0.1) is 11.8 Å². The van der Waals surface area contributed by atoms with E-state index in [1.54, 1.807) is 6.07 Å². The summed E-state index contributed by atoms with van der Waals surface area (Å²) in [6.07, 6.45) is 0. The van der Waals surface area contributed by atoms with E-state index in [0.717, 1.165) is 16.1 Å². The molecule has 0 fully saturated rings. The SMILES string of the molecule is Cc1cccc(C(=O)Nc2cccc(SCC#N)c2)c1. The molecule has 4 heteroatoms. The average Bonchev–Trinajstić information content (AvgIpc) is 2.45. The summed E-state index contributed by atoms with van der Waals surface area (Å²) in [5.74, 6) is 0.270. The van der Waals surface area contributed by atoms with Crippen LogP contribution in [-0.2, 0) is 0 Å². The first-order chi connectivity index (χ1) is 9.69. The normalized spacial score (nSPS) is 9.80. The molecule has 0 saturated carbocycles. The molecule has 2 rings (SSSR count). The van der Waals surface area contributed by atoms with Crippen molar-refractivity contribution < 1.29 is 4.79 Å².